The van der Waals surface area contributed by atoms with E-state index in [1.165, 1.54) is 12.1 Å². The maximum absolute atomic E-state index is 14.4. The van der Waals surface area contributed by atoms with E-state index in [-0.39, 0.29) is 23.3 Å². The molecule has 1 aliphatic heterocycles. The highest BCUT2D eigenvalue weighted by molar-refractivity contribution is 6.27. The van der Waals surface area contributed by atoms with Crippen LogP contribution in [-0.4, -0.2) is 111 Å². The lowest BCUT2D eigenvalue weighted by Crippen LogP contribution is -2.50. The number of rotatable bonds is 11. The Morgan fingerprint density at radius 3 is 2.20 bits per heavy atom. The van der Waals surface area contributed by atoms with E-state index < -0.39 is 42.9 Å². The molecule has 1 aromatic carbocycles. The minimum Gasteiger partial charge on any atom is -0.490 e. The molecule has 0 spiro atoms. The molecule has 15 heteroatoms. The summed E-state index contributed by atoms with van der Waals surface area (Å²) in [6.07, 6.45) is 0.717. The molecule has 1 fully saturated rings. The molecular weight excluding hydrogens is 533 g/mol. The average Bonchev–Trinajstić information content (AvgIpc) is 3.43. The van der Waals surface area contributed by atoms with Crippen LogP contribution >= 0.6 is 0 Å². The molecule has 222 valence electrons. The number of hydrogen-bond acceptors (Lipinski definition) is 11. The third kappa shape index (κ3) is 9.73. The van der Waals surface area contributed by atoms with Gasteiger partial charge in [-0.3, -0.25) is 9.69 Å². The van der Waals surface area contributed by atoms with Gasteiger partial charge < -0.3 is 39.9 Å². The third-order valence-corrected chi connectivity index (χ3v) is 6.10. The molecule has 40 heavy (non-hydrogen) atoms. The Labute approximate surface area is 230 Å². The van der Waals surface area contributed by atoms with Crippen molar-refractivity contribution in [1.29, 1.82) is 0 Å². The summed E-state index contributed by atoms with van der Waals surface area (Å²) in [4.78, 5) is 39.2. The second kappa shape index (κ2) is 15.7. The highest BCUT2D eigenvalue weighted by Crippen LogP contribution is 2.21. The SMILES string of the molecule is CC(C)c1noc(N2CCN(C(C)CCOc3ccc(C(=O)NC(CO)CO)cc3F)CC2)n1.O=C(O)C(=O)O. The molecule has 1 amide bonds. The van der Waals surface area contributed by atoms with Crippen molar-refractivity contribution in [3.8, 4) is 5.75 Å². The van der Waals surface area contributed by atoms with Crippen LogP contribution in [0.3, 0.4) is 0 Å². The number of anilines is 1. The van der Waals surface area contributed by atoms with Crippen LogP contribution in [-0.2, 0) is 9.59 Å². The Morgan fingerprint density at radius 1 is 1.07 bits per heavy atom. The van der Waals surface area contributed by atoms with Crippen LogP contribution < -0.4 is 15.0 Å². The van der Waals surface area contributed by atoms with Gasteiger partial charge in [0.05, 0.1) is 25.9 Å². The van der Waals surface area contributed by atoms with Crippen molar-refractivity contribution in [2.24, 2.45) is 0 Å². The fraction of sp³-hybridized carbons (Fsp3) is 0.560. The fourth-order valence-corrected chi connectivity index (χ4v) is 3.64. The number of carbonyl (C=O) groups excluding carboxylic acids is 1. The molecular formula is C25H36FN5O9. The molecule has 0 aliphatic carbocycles. The smallest absolute Gasteiger partial charge is 0.414 e. The van der Waals surface area contributed by atoms with Crippen molar-refractivity contribution >= 4 is 23.9 Å². The first-order valence-electron chi connectivity index (χ1n) is 12.7. The van der Waals surface area contributed by atoms with Gasteiger partial charge >= 0.3 is 18.0 Å². The number of ether oxygens (including phenoxy) is 1. The first kappa shape index (κ1) is 32.4. The number of amides is 1. The van der Waals surface area contributed by atoms with Crippen molar-refractivity contribution in [2.45, 2.75) is 45.2 Å². The van der Waals surface area contributed by atoms with E-state index >= 15 is 0 Å². The second-order valence-electron chi connectivity index (χ2n) is 9.39. The Balaban J connectivity index is 0.000000840. The Kier molecular flexibility index (Phi) is 12.7. The average molecular weight is 570 g/mol. The molecule has 2 aromatic rings. The van der Waals surface area contributed by atoms with Gasteiger partial charge in [-0.05, 0) is 31.5 Å². The molecule has 1 aliphatic rings. The molecule has 5 N–H and O–H groups in total. The number of nitrogens with one attached hydrogen (secondary N) is 1. The summed E-state index contributed by atoms with van der Waals surface area (Å²) >= 11 is 0. The minimum atomic E-state index is -1.82. The lowest BCUT2D eigenvalue weighted by molar-refractivity contribution is -0.159. The predicted molar refractivity (Wildman–Crippen MR) is 139 cm³/mol. The van der Waals surface area contributed by atoms with E-state index in [2.05, 4.69) is 32.2 Å². The number of hydrogen-bond donors (Lipinski definition) is 5. The third-order valence-electron chi connectivity index (χ3n) is 6.10. The molecule has 1 aromatic heterocycles. The van der Waals surface area contributed by atoms with Gasteiger partial charge in [-0.15, -0.1) is 0 Å². The van der Waals surface area contributed by atoms with Crippen molar-refractivity contribution in [1.82, 2.24) is 20.4 Å². The molecule has 0 saturated carbocycles. The lowest BCUT2D eigenvalue weighted by atomic mass is 10.1. The van der Waals surface area contributed by atoms with Gasteiger partial charge in [-0.2, -0.15) is 4.98 Å². The lowest BCUT2D eigenvalue weighted by Gasteiger charge is -2.37. The van der Waals surface area contributed by atoms with Crippen molar-refractivity contribution in [3.63, 3.8) is 0 Å². The van der Waals surface area contributed by atoms with Crippen LogP contribution in [0.4, 0.5) is 10.4 Å². The highest BCUT2D eigenvalue weighted by atomic mass is 19.1. The van der Waals surface area contributed by atoms with E-state index in [0.29, 0.717) is 24.9 Å². The zero-order valence-electron chi connectivity index (χ0n) is 22.6. The number of aliphatic carboxylic acids is 2. The Morgan fingerprint density at radius 2 is 1.70 bits per heavy atom. The standard InChI is InChI=1S/C23H34FN5O5.C2H2O4/c1-15(2)21-26-23(34-27-21)29-9-7-28(8-10-29)16(3)6-11-33-20-5-4-17(12-19(20)24)22(32)25-18(13-30)14-31;3-1(4)2(5)6/h4-5,12,15-16,18,30-31H,6-11,13-14H2,1-3H3,(H,25,32);(H,3,4)(H,5,6). The molecule has 2 heterocycles. The molecule has 1 saturated heterocycles. The minimum absolute atomic E-state index is 0.0757. The van der Waals surface area contributed by atoms with Gasteiger partial charge in [0.25, 0.3) is 5.91 Å². The van der Waals surface area contributed by atoms with Crippen molar-refractivity contribution in [2.75, 3.05) is 50.9 Å². The summed E-state index contributed by atoms with van der Waals surface area (Å²) in [5, 5.41) is 39.3. The van der Waals surface area contributed by atoms with Gasteiger partial charge in [0.1, 0.15) is 0 Å². The van der Waals surface area contributed by atoms with Gasteiger partial charge in [-0.1, -0.05) is 19.0 Å². The van der Waals surface area contributed by atoms with E-state index in [1.54, 1.807) is 0 Å². The van der Waals surface area contributed by atoms with Crippen LogP contribution in [0.25, 0.3) is 0 Å². The number of piperazine rings is 1. The summed E-state index contributed by atoms with van der Waals surface area (Å²) in [5.41, 5.74) is 0.0877. The zero-order valence-corrected chi connectivity index (χ0v) is 22.6. The molecule has 14 nitrogen and oxygen atoms in total. The predicted octanol–water partition coefficient (Wildman–Crippen LogP) is 0.550. The van der Waals surface area contributed by atoms with Gasteiger partial charge in [-0.25, -0.2) is 14.0 Å². The summed E-state index contributed by atoms with van der Waals surface area (Å²) in [7, 11) is 0. The second-order valence-corrected chi connectivity index (χ2v) is 9.39. The number of nitrogens with zero attached hydrogens (tertiary/aromatic N) is 4. The highest BCUT2D eigenvalue weighted by Gasteiger charge is 2.25. The van der Waals surface area contributed by atoms with Gasteiger partial charge in [0, 0.05) is 43.7 Å². The van der Waals surface area contributed by atoms with Crippen LogP contribution in [0.1, 0.15) is 49.3 Å². The summed E-state index contributed by atoms with van der Waals surface area (Å²) < 4.78 is 25.4. The monoisotopic (exact) mass is 569 g/mol. The molecule has 3 rings (SSSR count). The summed E-state index contributed by atoms with van der Waals surface area (Å²) in [6.45, 7) is 8.97. The molecule has 1 unspecified atom stereocenters. The van der Waals surface area contributed by atoms with E-state index in [1.807, 2.05) is 13.8 Å². The topological polar surface area (TPSA) is 199 Å². The summed E-state index contributed by atoms with van der Waals surface area (Å²) in [6, 6.07) is 3.97. The van der Waals surface area contributed by atoms with E-state index in [9.17, 15) is 9.18 Å². The van der Waals surface area contributed by atoms with Crippen LogP contribution in [0.2, 0.25) is 0 Å². The van der Waals surface area contributed by atoms with Gasteiger partial charge in [0.15, 0.2) is 17.4 Å². The number of halogens is 1. The number of aliphatic hydroxyl groups excluding tert-OH is 2. The molecule has 0 bridgehead atoms. The first-order chi connectivity index (χ1) is 19.0. The first-order valence-corrected chi connectivity index (χ1v) is 12.7. The molecule has 0 radical (unpaired) electrons. The number of aliphatic hydroxyl groups is 2. The number of carboxylic acid groups (broad SMARTS) is 2. The number of carbonyl (C=O) groups is 3. The number of aromatic nitrogens is 2. The van der Waals surface area contributed by atoms with Gasteiger partial charge in [0.2, 0.25) is 0 Å². The summed E-state index contributed by atoms with van der Waals surface area (Å²) in [5.74, 6) is -3.85. The van der Waals surface area contributed by atoms with Crippen molar-refractivity contribution < 1.29 is 48.5 Å². The van der Waals surface area contributed by atoms with Crippen LogP contribution in [0.5, 0.6) is 5.75 Å². The Bertz CT molecular complexity index is 1110. The normalized spacial score (nSPS) is 14.4. The zero-order chi connectivity index (χ0) is 29.8. The largest absolute Gasteiger partial charge is 0.490 e. The number of carboxylic acids is 2. The number of benzene rings is 1. The maximum Gasteiger partial charge on any atom is 0.414 e. The Hall–Kier alpha value is -3.82. The quantitative estimate of drug-likeness (QED) is 0.235. The van der Waals surface area contributed by atoms with Crippen LogP contribution in [0, 0.1) is 5.82 Å². The van der Waals surface area contributed by atoms with Crippen molar-refractivity contribution in [3.05, 3.63) is 35.4 Å². The molecule has 1 atom stereocenters. The maximum atomic E-state index is 14.4. The van der Waals surface area contributed by atoms with E-state index in [0.717, 1.165) is 32.2 Å². The van der Waals surface area contributed by atoms with E-state index in [4.69, 9.17) is 39.3 Å². The fourth-order valence-electron chi connectivity index (χ4n) is 3.64. The van der Waals surface area contributed by atoms with Crippen LogP contribution in [0.15, 0.2) is 22.7 Å².